The number of halogens is 2. The summed E-state index contributed by atoms with van der Waals surface area (Å²) >= 11 is 11.8. The fourth-order valence-electron chi connectivity index (χ4n) is 1.89. The molecular weight excluding hydrogens is 347 g/mol. The predicted molar refractivity (Wildman–Crippen MR) is 86.1 cm³/mol. The molecule has 0 N–H and O–H groups in total. The van der Waals surface area contributed by atoms with Gasteiger partial charge in [-0.15, -0.1) is 0 Å². The van der Waals surface area contributed by atoms with E-state index in [2.05, 4.69) is 9.71 Å². The molecule has 0 saturated carbocycles. The topological polar surface area (TPSA) is 74.3 Å². The molecule has 3 rings (SSSR count). The molecule has 1 aromatic heterocycles. The zero-order chi connectivity index (χ0) is 15.7. The van der Waals surface area contributed by atoms with Gasteiger partial charge in [-0.3, -0.25) is 0 Å². The van der Waals surface area contributed by atoms with Crippen LogP contribution in [-0.4, -0.2) is 13.4 Å². The molecule has 5 nitrogen and oxygen atoms in total. The molecule has 0 aliphatic heterocycles. The van der Waals surface area contributed by atoms with Crippen molar-refractivity contribution in [2.75, 3.05) is 0 Å². The Hall–Kier alpha value is -1.76. The molecule has 0 fully saturated rings. The van der Waals surface area contributed by atoms with Crippen LogP contribution in [0.25, 0.3) is 15.8 Å². The van der Waals surface area contributed by atoms with E-state index >= 15 is 0 Å². The second kappa shape index (κ2) is 5.79. The lowest BCUT2D eigenvalue weighted by Gasteiger charge is -2.11. The number of hydrogen-bond acceptors (Lipinski definition) is 4. The van der Waals surface area contributed by atoms with Crippen LogP contribution in [-0.2, 0) is 15.8 Å². The van der Waals surface area contributed by atoms with Crippen LogP contribution in [0.4, 0.5) is 6.01 Å². The van der Waals surface area contributed by atoms with Crippen molar-refractivity contribution >= 4 is 50.3 Å². The van der Waals surface area contributed by atoms with E-state index in [4.69, 9.17) is 27.6 Å². The number of hydrogen-bond donors (Lipinski definition) is 0. The quantitative estimate of drug-likeness (QED) is 0.681. The van der Waals surface area contributed by atoms with Crippen molar-refractivity contribution in [3.05, 3.63) is 62.8 Å². The SMILES string of the molecule is O=S(=O)(Cc1ccccc1Cl)[N-]c1nc2cc(Cl)ccc2o1. The fourth-order valence-corrected chi connectivity index (χ4v) is 3.36. The molecule has 0 aliphatic rings. The Kier molecular flexibility index (Phi) is 3.99. The molecule has 0 spiro atoms. The number of benzene rings is 2. The number of nitrogens with zero attached hydrogens (tertiary/aromatic N) is 2. The summed E-state index contributed by atoms with van der Waals surface area (Å²) in [6.45, 7) is 0. The van der Waals surface area contributed by atoms with E-state index in [1.165, 1.54) is 0 Å². The first-order valence-corrected chi connectivity index (χ1v) is 8.55. The zero-order valence-corrected chi connectivity index (χ0v) is 13.4. The minimum Gasteiger partial charge on any atom is -0.464 e. The number of fused-ring (bicyclic) bond motifs is 1. The largest absolute Gasteiger partial charge is 0.464 e. The maximum atomic E-state index is 12.1. The first-order valence-electron chi connectivity index (χ1n) is 6.18. The Balaban J connectivity index is 1.85. The molecule has 8 heteroatoms. The smallest absolute Gasteiger partial charge is 0.179 e. The van der Waals surface area contributed by atoms with Gasteiger partial charge in [0.1, 0.15) is 11.6 Å². The van der Waals surface area contributed by atoms with Gasteiger partial charge in [0.15, 0.2) is 10.0 Å². The Bertz CT molecular complexity index is 938. The minimum absolute atomic E-state index is 0.232. The second-order valence-electron chi connectivity index (χ2n) is 4.52. The van der Waals surface area contributed by atoms with Gasteiger partial charge in [0.05, 0.1) is 5.75 Å². The Morgan fingerprint density at radius 1 is 1.14 bits per heavy atom. The lowest BCUT2D eigenvalue weighted by atomic mass is 10.2. The number of aromatic nitrogens is 1. The monoisotopic (exact) mass is 355 g/mol. The van der Waals surface area contributed by atoms with Gasteiger partial charge in [-0.05, 0) is 29.8 Å². The Morgan fingerprint density at radius 3 is 2.68 bits per heavy atom. The first kappa shape index (κ1) is 15.1. The van der Waals surface area contributed by atoms with Crippen LogP contribution in [0.3, 0.4) is 0 Å². The molecule has 0 amide bonds. The highest BCUT2D eigenvalue weighted by atomic mass is 35.5. The molecule has 1 heterocycles. The molecule has 114 valence electrons. The molecule has 22 heavy (non-hydrogen) atoms. The first-order chi connectivity index (χ1) is 10.4. The van der Waals surface area contributed by atoms with Crippen LogP contribution >= 0.6 is 23.2 Å². The van der Waals surface area contributed by atoms with Crippen LogP contribution in [0.5, 0.6) is 0 Å². The van der Waals surface area contributed by atoms with E-state index < -0.39 is 10.0 Å². The van der Waals surface area contributed by atoms with Crippen molar-refractivity contribution in [2.24, 2.45) is 0 Å². The summed E-state index contributed by atoms with van der Waals surface area (Å²) in [5, 5.41) is 0.844. The van der Waals surface area contributed by atoms with Crippen LogP contribution in [0.1, 0.15) is 5.56 Å². The van der Waals surface area contributed by atoms with Crippen molar-refractivity contribution in [2.45, 2.75) is 5.75 Å². The van der Waals surface area contributed by atoms with E-state index in [1.807, 2.05) is 0 Å². The van der Waals surface area contributed by atoms with Gasteiger partial charge in [-0.2, -0.15) is 0 Å². The summed E-state index contributed by atoms with van der Waals surface area (Å²) in [6, 6.07) is 11.2. The summed E-state index contributed by atoms with van der Waals surface area (Å²) in [5.41, 5.74) is 1.32. The third-order valence-corrected chi connectivity index (χ3v) is 4.57. The van der Waals surface area contributed by atoms with Crippen molar-refractivity contribution < 1.29 is 12.8 Å². The van der Waals surface area contributed by atoms with Gasteiger partial charge < -0.3 is 14.1 Å². The van der Waals surface area contributed by atoms with E-state index in [-0.39, 0.29) is 11.8 Å². The zero-order valence-electron chi connectivity index (χ0n) is 11.0. The highest BCUT2D eigenvalue weighted by molar-refractivity contribution is 7.93. The van der Waals surface area contributed by atoms with Crippen molar-refractivity contribution in [1.82, 2.24) is 4.98 Å². The van der Waals surface area contributed by atoms with Gasteiger partial charge >= 0.3 is 0 Å². The van der Waals surface area contributed by atoms with Gasteiger partial charge in [0, 0.05) is 15.6 Å². The summed E-state index contributed by atoms with van der Waals surface area (Å²) < 4.78 is 33.1. The molecule has 0 radical (unpaired) electrons. The number of oxazole rings is 1. The highest BCUT2D eigenvalue weighted by Crippen LogP contribution is 2.30. The number of sulfonamides is 1. The highest BCUT2D eigenvalue weighted by Gasteiger charge is 2.11. The van der Waals surface area contributed by atoms with Crippen LogP contribution in [0, 0.1) is 0 Å². The van der Waals surface area contributed by atoms with Crippen LogP contribution < -0.4 is 0 Å². The molecule has 0 unspecified atom stereocenters. The molecule has 0 atom stereocenters. The summed E-state index contributed by atoms with van der Waals surface area (Å²) in [6.07, 6.45) is 0. The Morgan fingerprint density at radius 2 is 1.91 bits per heavy atom. The number of rotatable bonds is 4. The van der Waals surface area contributed by atoms with E-state index in [0.717, 1.165) is 0 Å². The van der Waals surface area contributed by atoms with Crippen LogP contribution in [0.2, 0.25) is 10.0 Å². The van der Waals surface area contributed by atoms with E-state index in [1.54, 1.807) is 42.5 Å². The molecule has 3 aromatic rings. The second-order valence-corrected chi connectivity index (χ2v) is 7.00. The van der Waals surface area contributed by atoms with Crippen molar-refractivity contribution in [3.8, 4) is 0 Å². The maximum Gasteiger partial charge on any atom is 0.179 e. The maximum absolute atomic E-state index is 12.1. The van der Waals surface area contributed by atoms with E-state index in [9.17, 15) is 8.42 Å². The normalized spacial score (nSPS) is 11.7. The molecule has 0 saturated heterocycles. The lowest BCUT2D eigenvalue weighted by molar-refractivity contribution is 0.595. The summed E-state index contributed by atoms with van der Waals surface area (Å²) in [5.74, 6) is -0.327. The standard InChI is InChI=1S/C14H9Cl2N2O3S/c15-10-5-6-13-12(7-10)17-14(21-13)18-22(19,20)8-9-3-1-2-4-11(9)16/h1-7H,8H2/q-1. The average molecular weight is 356 g/mol. The minimum atomic E-state index is -3.82. The van der Waals surface area contributed by atoms with Gasteiger partial charge in [-0.25, -0.2) is 8.42 Å². The summed E-state index contributed by atoms with van der Waals surface area (Å²) in [4.78, 5) is 3.99. The predicted octanol–water partition coefficient (Wildman–Crippen LogP) is 4.67. The Labute approximate surface area is 136 Å². The molecule has 2 aromatic carbocycles. The lowest BCUT2D eigenvalue weighted by Crippen LogP contribution is -2.01. The van der Waals surface area contributed by atoms with Crippen LogP contribution in [0.15, 0.2) is 46.9 Å². The summed E-state index contributed by atoms with van der Waals surface area (Å²) in [7, 11) is -3.82. The van der Waals surface area contributed by atoms with Gasteiger partial charge in [0.2, 0.25) is 0 Å². The van der Waals surface area contributed by atoms with Gasteiger partial charge in [0.25, 0.3) is 0 Å². The molecular formula is C14H9Cl2N2O3S-. The van der Waals surface area contributed by atoms with Crippen molar-refractivity contribution in [1.29, 1.82) is 0 Å². The molecule has 0 aliphatic carbocycles. The third kappa shape index (κ3) is 3.35. The molecule has 0 bridgehead atoms. The van der Waals surface area contributed by atoms with E-state index in [0.29, 0.717) is 26.7 Å². The van der Waals surface area contributed by atoms with Gasteiger partial charge in [-0.1, -0.05) is 41.4 Å². The van der Waals surface area contributed by atoms with Crippen molar-refractivity contribution in [3.63, 3.8) is 0 Å². The fraction of sp³-hybridized carbons (Fsp3) is 0.0714. The average Bonchev–Trinajstić information content (AvgIpc) is 2.81. The third-order valence-electron chi connectivity index (χ3n) is 2.85.